The first-order valence-corrected chi connectivity index (χ1v) is 9.42. The van der Waals surface area contributed by atoms with Gasteiger partial charge in [0, 0.05) is 11.1 Å². The first kappa shape index (κ1) is 19.8. The fourth-order valence-electron chi connectivity index (χ4n) is 2.65. The average Bonchev–Trinajstić information content (AvgIpc) is 3.17. The van der Waals surface area contributed by atoms with Crippen molar-refractivity contribution in [3.8, 4) is 11.3 Å². The third-order valence-corrected chi connectivity index (χ3v) is 4.51. The predicted octanol–water partition coefficient (Wildman–Crippen LogP) is 5.85. The second kappa shape index (κ2) is 9.33. The highest BCUT2D eigenvalue weighted by atomic mass is 35.5. The molecule has 0 saturated heterocycles. The number of hydrogen-bond acceptors (Lipinski definition) is 3. The van der Waals surface area contributed by atoms with E-state index >= 15 is 0 Å². The van der Waals surface area contributed by atoms with Crippen molar-refractivity contribution in [1.29, 1.82) is 0 Å². The van der Waals surface area contributed by atoms with E-state index in [-0.39, 0.29) is 10.9 Å². The van der Waals surface area contributed by atoms with Crippen LogP contribution in [0.15, 0.2) is 64.1 Å². The summed E-state index contributed by atoms with van der Waals surface area (Å²) in [4.78, 5) is 12.2. The summed E-state index contributed by atoms with van der Waals surface area (Å²) in [5, 5.41) is 3.95. The molecular weight excluding hydrogens is 379 g/mol. The van der Waals surface area contributed by atoms with Crippen molar-refractivity contribution < 1.29 is 13.6 Å². The number of halogens is 2. The van der Waals surface area contributed by atoms with E-state index in [4.69, 9.17) is 16.0 Å². The van der Waals surface area contributed by atoms with Gasteiger partial charge in [-0.3, -0.25) is 4.79 Å². The molecule has 1 aromatic heterocycles. The molecule has 0 aliphatic heterocycles. The van der Waals surface area contributed by atoms with Crippen molar-refractivity contribution >= 4 is 23.7 Å². The summed E-state index contributed by atoms with van der Waals surface area (Å²) in [7, 11) is 0. The fourth-order valence-corrected chi connectivity index (χ4v) is 2.83. The number of nitrogens with one attached hydrogen (secondary N) is 1. The van der Waals surface area contributed by atoms with Crippen LogP contribution >= 0.6 is 11.6 Å². The first-order valence-electron chi connectivity index (χ1n) is 9.04. The van der Waals surface area contributed by atoms with Crippen LogP contribution < -0.4 is 5.43 Å². The van der Waals surface area contributed by atoms with Crippen LogP contribution in [0.5, 0.6) is 0 Å². The van der Waals surface area contributed by atoms with Crippen LogP contribution in [0.4, 0.5) is 4.39 Å². The Morgan fingerprint density at radius 1 is 1.18 bits per heavy atom. The van der Waals surface area contributed by atoms with Crippen LogP contribution in [-0.4, -0.2) is 12.1 Å². The molecule has 0 fully saturated rings. The molecule has 3 aromatic rings. The van der Waals surface area contributed by atoms with E-state index in [2.05, 4.69) is 17.5 Å². The topological polar surface area (TPSA) is 54.6 Å². The number of hydrazone groups is 1. The number of hydrogen-bond donors (Lipinski definition) is 1. The lowest BCUT2D eigenvalue weighted by Crippen LogP contribution is -2.17. The van der Waals surface area contributed by atoms with Gasteiger partial charge in [0.2, 0.25) is 0 Å². The minimum Gasteiger partial charge on any atom is -0.455 e. The molecule has 0 saturated carbocycles. The monoisotopic (exact) mass is 398 g/mol. The maximum atomic E-state index is 13.3. The van der Waals surface area contributed by atoms with E-state index in [1.807, 2.05) is 12.1 Å². The Labute approximate surface area is 168 Å². The molecule has 6 heteroatoms. The zero-order valence-electron chi connectivity index (χ0n) is 15.4. The molecule has 28 heavy (non-hydrogen) atoms. The number of furan rings is 1. The highest BCUT2D eigenvalue weighted by molar-refractivity contribution is 6.31. The van der Waals surface area contributed by atoms with Gasteiger partial charge < -0.3 is 4.42 Å². The van der Waals surface area contributed by atoms with Crippen molar-refractivity contribution in [2.24, 2.45) is 5.10 Å². The normalized spacial score (nSPS) is 11.1. The second-order valence-electron chi connectivity index (χ2n) is 6.33. The summed E-state index contributed by atoms with van der Waals surface area (Å²) >= 11 is 5.79. The van der Waals surface area contributed by atoms with Gasteiger partial charge in [-0.25, -0.2) is 9.82 Å². The molecule has 1 amide bonds. The van der Waals surface area contributed by atoms with Gasteiger partial charge in [0.05, 0.1) is 11.2 Å². The van der Waals surface area contributed by atoms with Crippen LogP contribution in [0.2, 0.25) is 5.02 Å². The fraction of sp³-hybridized carbons (Fsp3) is 0.182. The van der Waals surface area contributed by atoms with Gasteiger partial charge in [-0.15, -0.1) is 0 Å². The zero-order chi connectivity index (χ0) is 19.9. The van der Waals surface area contributed by atoms with Gasteiger partial charge in [0.15, 0.2) is 0 Å². The molecule has 1 heterocycles. The van der Waals surface area contributed by atoms with Crippen molar-refractivity contribution in [1.82, 2.24) is 5.43 Å². The molecule has 4 nitrogen and oxygen atoms in total. The Kier molecular flexibility index (Phi) is 6.61. The number of unbranched alkanes of at least 4 members (excludes halogenated alkanes) is 1. The van der Waals surface area contributed by atoms with Crippen molar-refractivity contribution in [3.63, 3.8) is 0 Å². The summed E-state index contributed by atoms with van der Waals surface area (Å²) in [5.74, 6) is 0.193. The number of rotatable bonds is 7. The quantitative estimate of drug-likeness (QED) is 0.401. The molecule has 3 rings (SSSR count). The SMILES string of the molecule is CCCCc1ccc(C(=O)N/N=C/c2ccc(-c3ccc(F)c(Cl)c3)o2)cc1. The van der Waals surface area contributed by atoms with Crippen LogP contribution in [0.1, 0.15) is 41.4 Å². The van der Waals surface area contributed by atoms with E-state index in [9.17, 15) is 9.18 Å². The van der Waals surface area contributed by atoms with Gasteiger partial charge in [-0.05, 0) is 60.9 Å². The maximum Gasteiger partial charge on any atom is 0.271 e. The summed E-state index contributed by atoms with van der Waals surface area (Å²) in [6.45, 7) is 2.15. The van der Waals surface area contributed by atoms with Crippen molar-refractivity contribution in [3.05, 3.63) is 82.3 Å². The predicted molar refractivity (Wildman–Crippen MR) is 109 cm³/mol. The summed E-state index contributed by atoms with van der Waals surface area (Å²) in [6.07, 6.45) is 4.68. The Bertz CT molecular complexity index is 980. The highest BCUT2D eigenvalue weighted by Gasteiger charge is 2.08. The molecular formula is C22H20ClFN2O2. The molecule has 0 aliphatic carbocycles. The highest BCUT2D eigenvalue weighted by Crippen LogP contribution is 2.26. The van der Waals surface area contributed by atoms with E-state index in [0.29, 0.717) is 22.6 Å². The molecule has 0 radical (unpaired) electrons. The minimum absolute atomic E-state index is 0.0251. The number of aryl methyl sites for hydroxylation is 1. The van der Waals surface area contributed by atoms with Gasteiger partial charge in [-0.1, -0.05) is 37.1 Å². The largest absolute Gasteiger partial charge is 0.455 e. The number of carbonyl (C=O) groups is 1. The first-order chi connectivity index (χ1) is 13.6. The van der Waals surface area contributed by atoms with Gasteiger partial charge in [0.1, 0.15) is 17.3 Å². The summed E-state index contributed by atoms with van der Waals surface area (Å²) in [5.41, 5.74) is 4.88. The Balaban J connectivity index is 1.59. The number of benzene rings is 2. The third-order valence-electron chi connectivity index (χ3n) is 4.22. The lowest BCUT2D eigenvalue weighted by atomic mass is 10.1. The zero-order valence-corrected chi connectivity index (χ0v) is 16.2. The standard InChI is InChI=1S/C22H20ClFN2O2/c1-2-3-4-15-5-7-16(8-6-15)22(27)26-25-14-18-10-12-21(28-18)17-9-11-20(24)19(23)13-17/h5-14H,2-4H2,1H3,(H,26,27)/b25-14+. The van der Waals surface area contributed by atoms with E-state index in [1.165, 1.54) is 23.9 Å². The van der Waals surface area contributed by atoms with Crippen molar-refractivity contribution in [2.75, 3.05) is 0 Å². The van der Waals surface area contributed by atoms with Gasteiger partial charge in [0.25, 0.3) is 5.91 Å². The Morgan fingerprint density at radius 3 is 2.68 bits per heavy atom. The number of amides is 1. The molecule has 1 N–H and O–H groups in total. The van der Waals surface area contributed by atoms with Crippen LogP contribution in [0.3, 0.4) is 0 Å². The van der Waals surface area contributed by atoms with Crippen LogP contribution in [0.25, 0.3) is 11.3 Å². The lowest BCUT2D eigenvalue weighted by Gasteiger charge is -2.02. The molecule has 0 atom stereocenters. The summed E-state index contributed by atoms with van der Waals surface area (Å²) < 4.78 is 18.9. The number of nitrogens with zero attached hydrogens (tertiary/aromatic N) is 1. The Hall–Kier alpha value is -2.92. The molecule has 2 aromatic carbocycles. The molecule has 0 aliphatic rings. The number of carbonyl (C=O) groups excluding carboxylic acids is 1. The Morgan fingerprint density at radius 2 is 1.96 bits per heavy atom. The smallest absolute Gasteiger partial charge is 0.271 e. The molecule has 0 unspecified atom stereocenters. The molecule has 144 valence electrons. The van der Waals surface area contributed by atoms with E-state index < -0.39 is 5.82 Å². The molecule has 0 bridgehead atoms. The van der Waals surface area contributed by atoms with Crippen LogP contribution in [-0.2, 0) is 6.42 Å². The van der Waals surface area contributed by atoms with Crippen LogP contribution in [0, 0.1) is 5.82 Å². The third kappa shape index (κ3) is 5.08. The van der Waals surface area contributed by atoms with Crippen molar-refractivity contribution in [2.45, 2.75) is 26.2 Å². The second-order valence-corrected chi connectivity index (χ2v) is 6.74. The molecule has 0 spiro atoms. The summed E-state index contributed by atoms with van der Waals surface area (Å²) in [6, 6.07) is 15.3. The minimum atomic E-state index is -0.486. The maximum absolute atomic E-state index is 13.3. The van der Waals surface area contributed by atoms with E-state index in [1.54, 1.807) is 30.3 Å². The van der Waals surface area contributed by atoms with Gasteiger partial charge in [-0.2, -0.15) is 5.10 Å². The average molecular weight is 399 g/mol. The van der Waals surface area contributed by atoms with E-state index in [0.717, 1.165) is 19.3 Å². The lowest BCUT2D eigenvalue weighted by molar-refractivity contribution is 0.0955. The van der Waals surface area contributed by atoms with Gasteiger partial charge >= 0.3 is 0 Å².